The highest BCUT2D eigenvalue weighted by atomic mass is 32.2. The van der Waals surface area contributed by atoms with Crippen molar-refractivity contribution >= 4 is 21.6 Å². The van der Waals surface area contributed by atoms with Gasteiger partial charge in [0.05, 0.1) is 23.6 Å². The third kappa shape index (κ3) is 3.55. The SMILES string of the molecule is CCS(=O)(=O)N1CCC[C@@H](C(=O)Nc2cccnc2)C1. The van der Waals surface area contributed by atoms with Gasteiger partial charge in [0.1, 0.15) is 0 Å². The Balaban J connectivity index is 2.00. The van der Waals surface area contributed by atoms with E-state index in [2.05, 4.69) is 10.3 Å². The summed E-state index contributed by atoms with van der Waals surface area (Å²) >= 11 is 0. The number of anilines is 1. The molecular weight excluding hydrogens is 278 g/mol. The number of sulfonamides is 1. The fraction of sp³-hybridized carbons (Fsp3) is 0.538. The lowest BCUT2D eigenvalue weighted by Gasteiger charge is -2.30. The molecular formula is C13H19N3O3S. The van der Waals surface area contributed by atoms with Gasteiger partial charge in [-0.15, -0.1) is 0 Å². The Morgan fingerprint density at radius 3 is 3.00 bits per heavy atom. The van der Waals surface area contributed by atoms with Gasteiger partial charge in [-0.25, -0.2) is 12.7 Å². The molecule has 6 nitrogen and oxygen atoms in total. The maximum atomic E-state index is 12.2. The van der Waals surface area contributed by atoms with E-state index >= 15 is 0 Å². The molecule has 0 aromatic carbocycles. The quantitative estimate of drug-likeness (QED) is 0.902. The summed E-state index contributed by atoms with van der Waals surface area (Å²) in [5, 5.41) is 2.78. The second kappa shape index (κ2) is 6.32. The predicted molar refractivity (Wildman–Crippen MR) is 76.6 cm³/mol. The highest BCUT2D eigenvalue weighted by Gasteiger charge is 2.31. The number of amides is 1. The molecule has 1 aliphatic heterocycles. The molecule has 1 aliphatic rings. The Morgan fingerprint density at radius 1 is 1.55 bits per heavy atom. The standard InChI is InChI=1S/C13H19N3O3S/c1-2-20(18,19)16-8-4-5-11(10-16)13(17)15-12-6-3-7-14-9-12/h3,6-7,9,11H,2,4-5,8,10H2,1H3,(H,15,17)/t11-/m1/s1. The minimum atomic E-state index is -3.22. The Bertz CT molecular complexity index is 559. The fourth-order valence-electron chi connectivity index (χ4n) is 2.27. The largest absolute Gasteiger partial charge is 0.324 e. The van der Waals surface area contributed by atoms with Crippen molar-refractivity contribution in [1.29, 1.82) is 0 Å². The van der Waals surface area contributed by atoms with Gasteiger partial charge in [-0.05, 0) is 31.9 Å². The van der Waals surface area contributed by atoms with Crippen molar-refractivity contribution in [2.75, 3.05) is 24.2 Å². The average molecular weight is 297 g/mol. The van der Waals surface area contributed by atoms with E-state index in [-0.39, 0.29) is 24.1 Å². The monoisotopic (exact) mass is 297 g/mol. The van der Waals surface area contributed by atoms with Crippen molar-refractivity contribution in [3.05, 3.63) is 24.5 Å². The summed E-state index contributed by atoms with van der Waals surface area (Å²) in [6.45, 7) is 2.39. The summed E-state index contributed by atoms with van der Waals surface area (Å²) in [6.07, 6.45) is 4.62. The number of pyridine rings is 1. The van der Waals surface area contributed by atoms with Crippen molar-refractivity contribution in [2.45, 2.75) is 19.8 Å². The Kier molecular flexibility index (Phi) is 4.72. The average Bonchev–Trinajstić information content (AvgIpc) is 2.48. The van der Waals surface area contributed by atoms with Gasteiger partial charge in [0.2, 0.25) is 15.9 Å². The highest BCUT2D eigenvalue weighted by molar-refractivity contribution is 7.89. The van der Waals surface area contributed by atoms with Gasteiger partial charge in [0.25, 0.3) is 0 Å². The molecule has 1 atom stereocenters. The zero-order valence-electron chi connectivity index (χ0n) is 11.4. The van der Waals surface area contributed by atoms with Crippen molar-refractivity contribution in [2.24, 2.45) is 5.92 Å². The van der Waals surface area contributed by atoms with Crippen LogP contribution in [0.5, 0.6) is 0 Å². The molecule has 7 heteroatoms. The van der Waals surface area contributed by atoms with E-state index in [1.165, 1.54) is 4.31 Å². The van der Waals surface area contributed by atoms with Crippen LogP contribution in [0.15, 0.2) is 24.5 Å². The van der Waals surface area contributed by atoms with Crippen molar-refractivity contribution in [3.8, 4) is 0 Å². The minimum Gasteiger partial charge on any atom is -0.324 e. The van der Waals surface area contributed by atoms with Crippen LogP contribution in [-0.2, 0) is 14.8 Å². The molecule has 1 saturated heterocycles. The Labute approximate surface area is 119 Å². The molecule has 1 aromatic heterocycles. The second-order valence-corrected chi connectivity index (χ2v) is 7.09. The van der Waals surface area contributed by atoms with E-state index in [4.69, 9.17) is 0 Å². The van der Waals surface area contributed by atoms with Gasteiger partial charge in [0, 0.05) is 19.3 Å². The second-order valence-electron chi connectivity index (χ2n) is 4.83. The number of carbonyl (C=O) groups excluding carboxylic acids is 1. The molecule has 1 aromatic rings. The van der Waals surface area contributed by atoms with Gasteiger partial charge in [-0.1, -0.05) is 0 Å². The summed E-state index contributed by atoms with van der Waals surface area (Å²) in [6, 6.07) is 3.50. The maximum Gasteiger partial charge on any atom is 0.228 e. The number of hydrogen-bond acceptors (Lipinski definition) is 4. The van der Waals surface area contributed by atoms with Gasteiger partial charge >= 0.3 is 0 Å². The summed E-state index contributed by atoms with van der Waals surface area (Å²) < 4.78 is 25.2. The van der Waals surface area contributed by atoms with E-state index < -0.39 is 10.0 Å². The molecule has 0 aliphatic carbocycles. The molecule has 2 heterocycles. The molecule has 1 fully saturated rings. The zero-order valence-corrected chi connectivity index (χ0v) is 12.3. The summed E-state index contributed by atoms with van der Waals surface area (Å²) in [5.41, 5.74) is 0.632. The number of piperidine rings is 1. The lowest BCUT2D eigenvalue weighted by Crippen LogP contribution is -2.44. The van der Waals surface area contributed by atoms with Crippen LogP contribution < -0.4 is 5.32 Å². The third-order valence-corrected chi connectivity index (χ3v) is 5.29. The topological polar surface area (TPSA) is 79.4 Å². The molecule has 20 heavy (non-hydrogen) atoms. The maximum absolute atomic E-state index is 12.2. The summed E-state index contributed by atoms with van der Waals surface area (Å²) in [5.74, 6) is -0.372. The fourth-order valence-corrected chi connectivity index (χ4v) is 3.45. The predicted octanol–water partition coefficient (Wildman–Crippen LogP) is 1.08. The van der Waals surface area contributed by atoms with Crippen molar-refractivity contribution < 1.29 is 13.2 Å². The van der Waals surface area contributed by atoms with E-state index in [1.54, 1.807) is 31.5 Å². The molecule has 1 amide bonds. The van der Waals surface area contributed by atoms with E-state index in [0.717, 1.165) is 0 Å². The number of nitrogens with zero attached hydrogens (tertiary/aromatic N) is 2. The van der Waals surface area contributed by atoms with Crippen molar-refractivity contribution in [3.63, 3.8) is 0 Å². The van der Waals surface area contributed by atoms with Crippen LogP contribution in [0.2, 0.25) is 0 Å². The molecule has 0 unspecified atom stereocenters. The molecule has 0 saturated carbocycles. The molecule has 0 spiro atoms. The van der Waals surface area contributed by atoms with Crippen LogP contribution in [0, 0.1) is 5.92 Å². The molecule has 110 valence electrons. The van der Waals surface area contributed by atoms with Crippen LogP contribution in [0.25, 0.3) is 0 Å². The van der Waals surface area contributed by atoms with E-state index in [0.29, 0.717) is 25.1 Å². The first-order valence-corrected chi connectivity index (χ1v) is 8.32. The van der Waals surface area contributed by atoms with E-state index in [9.17, 15) is 13.2 Å². The number of rotatable bonds is 4. The zero-order chi connectivity index (χ0) is 14.6. The van der Waals surface area contributed by atoms with Gasteiger partial charge in [0.15, 0.2) is 0 Å². The summed E-state index contributed by atoms with van der Waals surface area (Å²) in [4.78, 5) is 16.1. The van der Waals surface area contributed by atoms with Crippen LogP contribution in [0.4, 0.5) is 5.69 Å². The Morgan fingerprint density at radius 2 is 2.35 bits per heavy atom. The first kappa shape index (κ1) is 14.9. The van der Waals surface area contributed by atoms with Crippen LogP contribution >= 0.6 is 0 Å². The minimum absolute atomic E-state index is 0.0734. The van der Waals surface area contributed by atoms with Gasteiger partial charge in [-0.2, -0.15) is 0 Å². The number of carbonyl (C=O) groups is 1. The highest BCUT2D eigenvalue weighted by Crippen LogP contribution is 2.21. The van der Waals surface area contributed by atoms with Crippen LogP contribution in [0.1, 0.15) is 19.8 Å². The van der Waals surface area contributed by atoms with Crippen molar-refractivity contribution in [1.82, 2.24) is 9.29 Å². The molecule has 0 bridgehead atoms. The normalized spacial score (nSPS) is 20.6. The third-order valence-electron chi connectivity index (χ3n) is 3.44. The Hall–Kier alpha value is -1.47. The van der Waals surface area contributed by atoms with Gasteiger partial charge in [-0.3, -0.25) is 9.78 Å². The number of nitrogens with one attached hydrogen (secondary N) is 1. The molecule has 1 N–H and O–H groups in total. The first-order valence-electron chi connectivity index (χ1n) is 6.71. The smallest absolute Gasteiger partial charge is 0.228 e. The lowest BCUT2D eigenvalue weighted by atomic mass is 9.99. The van der Waals surface area contributed by atoms with Gasteiger partial charge < -0.3 is 5.32 Å². The molecule has 0 radical (unpaired) electrons. The summed E-state index contributed by atoms with van der Waals surface area (Å²) in [7, 11) is -3.22. The number of aromatic nitrogens is 1. The van der Waals surface area contributed by atoms with E-state index in [1.807, 2.05) is 0 Å². The van der Waals surface area contributed by atoms with Crippen LogP contribution in [0.3, 0.4) is 0 Å². The first-order chi connectivity index (χ1) is 9.53. The lowest BCUT2D eigenvalue weighted by molar-refractivity contribution is -0.120. The molecule has 2 rings (SSSR count). The number of hydrogen-bond donors (Lipinski definition) is 1. The van der Waals surface area contributed by atoms with Crippen LogP contribution in [-0.4, -0.2) is 42.5 Å².